The average Bonchev–Trinajstić information content (AvgIpc) is 2.67. The van der Waals surface area contributed by atoms with Crippen LogP contribution in [0.25, 0.3) is 6.08 Å². The second-order valence-electron chi connectivity index (χ2n) is 7.20. The van der Waals surface area contributed by atoms with Crippen LogP contribution in [0.4, 0.5) is 0 Å². The lowest BCUT2D eigenvalue weighted by molar-refractivity contribution is -0.139. The van der Waals surface area contributed by atoms with Gasteiger partial charge in [-0.3, -0.25) is 9.78 Å². The van der Waals surface area contributed by atoms with Gasteiger partial charge in [0.05, 0.1) is 18.6 Å². The highest BCUT2D eigenvalue weighted by Crippen LogP contribution is 2.31. The molecule has 0 bridgehead atoms. The van der Waals surface area contributed by atoms with Crippen LogP contribution in [0.5, 0.6) is 0 Å². The molecule has 0 fully saturated rings. The van der Waals surface area contributed by atoms with Crippen molar-refractivity contribution in [3.63, 3.8) is 0 Å². The van der Waals surface area contributed by atoms with E-state index in [1.54, 1.807) is 6.08 Å². The zero-order chi connectivity index (χ0) is 21.6. The number of hydrogen-bond donors (Lipinski definition) is 3. The van der Waals surface area contributed by atoms with Gasteiger partial charge >= 0.3 is 5.97 Å². The molecule has 2 unspecified atom stereocenters. The summed E-state index contributed by atoms with van der Waals surface area (Å²) in [5, 5.41) is 28.4. The summed E-state index contributed by atoms with van der Waals surface area (Å²) in [6, 6.07) is 8.42. The minimum absolute atomic E-state index is 0.00730. The number of carboxylic acid groups (broad SMARTS) is 1. The Labute approximate surface area is 172 Å². The van der Waals surface area contributed by atoms with Gasteiger partial charge in [0, 0.05) is 24.2 Å². The fourth-order valence-electron chi connectivity index (χ4n) is 3.73. The molecule has 2 aromatic rings. The van der Waals surface area contributed by atoms with E-state index in [0.717, 1.165) is 35.4 Å². The standard InChI is InChI=1S/C22H25NO4.C2H6/c1-13-19(8-7-17(24)11-18(25)12-22(26)27)14(2)23-21-10-16-6-4-3-5-15(16)9-20(13)21;1-2/h3-8,17-18,24-25H,9-12H2,1-2H3,(H,26,27);1-2H3/b8-7+;. The van der Waals surface area contributed by atoms with E-state index in [2.05, 4.69) is 31.2 Å². The van der Waals surface area contributed by atoms with E-state index in [4.69, 9.17) is 10.1 Å². The third-order valence-electron chi connectivity index (χ3n) is 5.15. The van der Waals surface area contributed by atoms with Crippen molar-refractivity contribution in [1.82, 2.24) is 4.98 Å². The Morgan fingerprint density at radius 3 is 2.38 bits per heavy atom. The van der Waals surface area contributed by atoms with Crippen LogP contribution in [0, 0.1) is 13.8 Å². The van der Waals surface area contributed by atoms with E-state index >= 15 is 0 Å². The van der Waals surface area contributed by atoms with E-state index in [1.807, 2.05) is 26.8 Å². The maximum Gasteiger partial charge on any atom is 0.305 e. The zero-order valence-electron chi connectivity index (χ0n) is 17.6. The fourth-order valence-corrected chi connectivity index (χ4v) is 3.73. The molecule has 1 heterocycles. The molecule has 3 rings (SSSR count). The first kappa shape index (κ1) is 22.8. The number of carboxylic acids is 1. The van der Waals surface area contributed by atoms with Gasteiger partial charge in [0.25, 0.3) is 0 Å². The molecule has 156 valence electrons. The first-order valence-electron chi connectivity index (χ1n) is 10.2. The number of pyridine rings is 1. The number of fused-ring (bicyclic) bond motifs is 2. The fraction of sp³-hybridized carbons (Fsp3) is 0.417. The van der Waals surface area contributed by atoms with E-state index < -0.39 is 18.2 Å². The van der Waals surface area contributed by atoms with Crippen LogP contribution >= 0.6 is 0 Å². The SMILES string of the molecule is CC.Cc1nc2c(c(C)c1/C=C/C(O)CC(O)CC(=O)O)Cc1ccccc1C2. The molecule has 0 aliphatic heterocycles. The second kappa shape index (κ2) is 10.3. The van der Waals surface area contributed by atoms with Gasteiger partial charge in [-0.2, -0.15) is 0 Å². The molecule has 1 aliphatic rings. The number of aromatic nitrogens is 1. The van der Waals surface area contributed by atoms with Crippen molar-refractivity contribution < 1.29 is 20.1 Å². The van der Waals surface area contributed by atoms with Gasteiger partial charge in [0.15, 0.2) is 0 Å². The number of benzene rings is 1. The van der Waals surface area contributed by atoms with Crippen molar-refractivity contribution >= 4 is 12.0 Å². The molecular formula is C24H31NO4. The molecule has 3 N–H and O–H groups in total. The molecule has 1 aromatic carbocycles. The number of rotatable bonds is 6. The number of aliphatic hydroxyl groups excluding tert-OH is 2. The molecule has 0 amide bonds. The van der Waals surface area contributed by atoms with Crippen molar-refractivity contribution in [1.29, 1.82) is 0 Å². The van der Waals surface area contributed by atoms with Crippen LogP contribution in [-0.2, 0) is 17.6 Å². The smallest absolute Gasteiger partial charge is 0.305 e. The molecule has 2 atom stereocenters. The number of hydrogen-bond acceptors (Lipinski definition) is 4. The molecule has 0 spiro atoms. The van der Waals surface area contributed by atoms with E-state index in [1.165, 1.54) is 16.7 Å². The summed E-state index contributed by atoms with van der Waals surface area (Å²) in [6.07, 6.45) is 2.77. The first-order chi connectivity index (χ1) is 13.8. The summed E-state index contributed by atoms with van der Waals surface area (Å²) in [5.41, 5.74) is 8.02. The molecule has 0 saturated carbocycles. The minimum Gasteiger partial charge on any atom is -0.481 e. The number of aliphatic hydroxyl groups is 2. The Morgan fingerprint density at radius 1 is 1.14 bits per heavy atom. The Hall–Kier alpha value is -2.50. The van der Waals surface area contributed by atoms with Crippen molar-refractivity contribution in [2.75, 3.05) is 0 Å². The minimum atomic E-state index is -1.08. The van der Waals surface area contributed by atoms with Gasteiger partial charge in [-0.25, -0.2) is 0 Å². The third kappa shape index (κ3) is 5.75. The van der Waals surface area contributed by atoms with E-state index in [9.17, 15) is 15.0 Å². The monoisotopic (exact) mass is 397 g/mol. The van der Waals surface area contributed by atoms with Crippen LogP contribution < -0.4 is 0 Å². The predicted octanol–water partition coefficient (Wildman–Crippen LogP) is 3.82. The summed E-state index contributed by atoms with van der Waals surface area (Å²) in [7, 11) is 0. The normalized spacial score (nSPS) is 14.4. The average molecular weight is 398 g/mol. The third-order valence-corrected chi connectivity index (χ3v) is 5.15. The van der Waals surface area contributed by atoms with Gasteiger partial charge in [0.2, 0.25) is 0 Å². The Morgan fingerprint density at radius 2 is 1.76 bits per heavy atom. The Bertz CT molecular complexity index is 889. The summed E-state index contributed by atoms with van der Waals surface area (Å²) in [4.78, 5) is 15.4. The predicted molar refractivity (Wildman–Crippen MR) is 115 cm³/mol. The lowest BCUT2D eigenvalue weighted by Crippen LogP contribution is -2.19. The molecule has 5 nitrogen and oxygen atoms in total. The Kier molecular flexibility index (Phi) is 8.11. The van der Waals surface area contributed by atoms with Gasteiger partial charge in [-0.05, 0) is 48.1 Å². The number of carbonyl (C=O) groups is 1. The van der Waals surface area contributed by atoms with E-state index in [0.29, 0.717) is 0 Å². The number of aliphatic carboxylic acids is 1. The topological polar surface area (TPSA) is 90.7 Å². The van der Waals surface area contributed by atoms with Crippen LogP contribution in [-0.4, -0.2) is 38.5 Å². The van der Waals surface area contributed by atoms with Crippen LogP contribution in [0.1, 0.15) is 65.9 Å². The van der Waals surface area contributed by atoms with E-state index in [-0.39, 0.29) is 12.8 Å². The molecule has 0 radical (unpaired) electrons. The molecule has 1 aliphatic carbocycles. The molecule has 1 aromatic heterocycles. The maximum absolute atomic E-state index is 10.6. The number of aryl methyl sites for hydroxylation is 1. The zero-order valence-corrected chi connectivity index (χ0v) is 17.6. The quantitative estimate of drug-likeness (QED) is 0.588. The first-order valence-corrected chi connectivity index (χ1v) is 10.2. The lowest BCUT2D eigenvalue weighted by Gasteiger charge is -2.23. The second-order valence-corrected chi connectivity index (χ2v) is 7.20. The Balaban J connectivity index is 0.00000145. The largest absolute Gasteiger partial charge is 0.481 e. The molecular weight excluding hydrogens is 366 g/mol. The highest BCUT2D eigenvalue weighted by molar-refractivity contribution is 5.67. The highest BCUT2D eigenvalue weighted by Gasteiger charge is 2.20. The van der Waals surface area contributed by atoms with Crippen molar-refractivity contribution in [3.05, 3.63) is 69.5 Å². The number of nitrogens with zero attached hydrogens (tertiary/aromatic N) is 1. The van der Waals surface area contributed by atoms with Crippen LogP contribution in [0.2, 0.25) is 0 Å². The van der Waals surface area contributed by atoms with Gasteiger partial charge in [-0.1, -0.05) is 50.3 Å². The summed E-state index contributed by atoms with van der Waals surface area (Å²) >= 11 is 0. The maximum atomic E-state index is 10.6. The van der Waals surface area contributed by atoms with Gasteiger partial charge in [-0.15, -0.1) is 0 Å². The molecule has 0 saturated heterocycles. The highest BCUT2D eigenvalue weighted by atomic mass is 16.4. The molecule has 29 heavy (non-hydrogen) atoms. The van der Waals surface area contributed by atoms with Gasteiger partial charge in [0.1, 0.15) is 0 Å². The summed E-state index contributed by atoms with van der Waals surface area (Å²) in [5.74, 6) is -1.08. The molecule has 5 heteroatoms. The van der Waals surface area contributed by atoms with Crippen molar-refractivity contribution in [2.24, 2.45) is 0 Å². The lowest BCUT2D eigenvalue weighted by atomic mass is 9.85. The van der Waals surface area contributed by atoms with Crippen molar-refractivity contribution in [3.8, 4) is 0 Å². The van der Waals surface area contributed by atoms with Crippen LogP contribution in [0.15, 0.2) is 30.3 Å². The summed E-state index contributed by atoms with van der Waals surface area (Å²) in [6.45, 7) is 8.03. The van der Waals surface area contributed by atoms with Gasteiger partial charge < -0.3 is 15.3 Å². The van der Waals surface area contributed by atoms with Crippen LogP contribution in [0.3, 0.4) is 0 Å². The van der Waals surface area contributed by atoms with Crippen molar-refractivity contribution in [2.45, 2.75) is 65.6 Å². The summed E-state index contributed by atoms with van der Waals surface area (Å²) < 4.78 is 0.